The molecule has 1 aliphatic carbocycles. The fourth-order valence-electron chi connectivity index (χ4n) is 2.67. The molecule has 1 heterocycles. The molecule has 0 aromatic carbocycles. The van der Waals surface area contributed by atoms with Gasteiger partial charge in [-0.25, -0.2) is 8.78 Å². The Balaban J connectivity index is 2.22. The van der Waals surface area contributed by atoms with E-state index in [9.17, 15) is 13.9 Å². The van der Waals surface area contributed by atoms with Gasteiger partial charge in [-0.2, -0.15) is 0 Å². The Morgan fingerprint density at radius 3 is 2.37 bits per heavy atom. The molecule has 1 fully saturated rings. The van der Waals surface area contributed by atoms with E-state index in [1.54, 1.807) is 19.2 Å². The Morgan fingerprint density at radius 2 is 1.95 bits per heavy atom. The number of aliphatic hydroxyl groups is 1. The minimum absolute atomic E-state index is 0.123. The largest absolute Gasteiger partial charge is 0.387 e. The molecule has 1 atom stereocenters. The summed E-state index contributed by atoms with van der Waals surface area (Å²) in [7, 11) is 0. The number of hydrogen-bond acceptors (Lipinski definition) is 3. The zero-order valence-electron chi connectivity index (χ0n) is 11.1. The molecule has 3 nitrogen and oxygen atoms in total. The van der Waals surface area contributed by atoms with E-state index >= 15 is 0 Å². The summed E-state index contributed by atoms with van der Waals surface area (Å²) in [6.07, 6.45) is 1.56. The Morgan fingerprint density at radius 1 is 1.32 bits per heavy atom. The van der Waals surface area contributed by atoms with Crippen LogP contribution in [0.3, 0.4) is 0 Å². The highest BCUT2D eigenvalue weighted by Gasteiger charge is 2.43. The summed E-state index contributed by atoms with van der Waals surface area (Å²) in [4.78, 5) is 4.19. The summed E-state index contributed by atoms with van der Waals surface area (Å²) in [5.41, 5.74) is 6.92. The van der Waals surface area contributed by atoms with Crippen LogP contribution in [0.25, 0.3) is 0 Å². The van der Waals surface area contributed by atoms with Crippen LogP contribution in [-0.2, 0) is 5.41 Å². The highest BCUT2D eigenvalue weighted by atomic mass is 19.3. The number of hydrogen-bond donors (Lipinski definition) is 2. The summed E-state index contributed by atoms with van der Waals surface area (Å²) >= 11 is 0. The first kappa shape index (κ1) is 14.3. The molecule has 0 spiro atoms. The van der Waals surface area contributed by atoms with E-state index in [2.05, 4.69) is 4.98 Å². The predicted molar refractivity (Wildman–Crippen MR) is 69.0 cm³/mol. The molecule has 1 aromatic heterocycles. The maximum absolute atomic E-state index is 13.3. The number of nitrogens with two attached hydrogens (primary N) is 1. The van der Waals surface area contributed by atoms with Gasteiger partial charge in [0, 0.05) is 31.0 Å². The van der Waals surface area contributed by atoms with Crippen LogP contribution in [0.15, 0.2) is 18.3 Å². The minimum Gasteiger partial charge on any atom is -0.387 e. The molecule has 5 heteroatoms. The third kappa shape index (κ3) is 2.92. The van der Waals surface area contributed by atoms with Crippen molar-refractivity contribution in [1.82, 2.24) is 4.98 Å². The number of nitrogens with zero attached hydrogens (tertiary/aromatic N) is 1. The number of aromatic nitrogens is 1. The van der Waals surface area contributed by atoms with Crippen molar-refractivity contribution in [3.8, 4) is 0 Å². The van der Waals surface area contributed by atoms with Crippen molar-refractivity contribution in [2.24, 2.45) is 5.73 Å². The van der Waals surface area contributed by atoms with Gasteiger partial charge in [0.1, 0.15) is 0 Å². The molecule has 2 rings (SSSR count). The second-order valence-corrected chi connectivity index (χ2v) is 5.49. The van der Waals surface area contributed by atoms with Crippen molar-refractivity contribution < 1.29 is 13.9 Å². The molecule has 0 bridgehead atoms. The maximum Gasteiger partial charge on any atom is 0.248 e. The van der Waals surface area contributed by atoms with Crippen LogP contribution in [-0.4, -0.2) is 22.6 Å². The van der Waals surface area contributed by atoms with Gasteiger partial charge in [-0.05, 0) is 31.4 Å². The lowest BCUT2D eigenvalue weighted by Gasteiger charge is -2.39. The number of halogens is 2. The van der Waals surface area contributed by atoms with Crippen molar-refractivity contribution in [2.45, 2.75) is 50.0 Å². The summed E-state index contributed by atoms with van der Waals surface area (Å²) in [6, 6.07) is 3.59. The van der Waals surface area contributed by atoms with Gasteiger partial charge in [-0.3, -0.25) is 4.98 Å². The molecule has 0 saturated heterocycles. The van der Waals surface area contributed by atoms with E-state index in [1.807, 2.05) is 6.07 Å². The number of aliphatic hydroxyl groups excluding tert-OH is 1. The van der Waals surface area contributed by atoms with Crippen LogP contribution >= 0.6 is 0 Å². The van der Waals surface area contributed by atoms with Gasteiger partial charge in [-0.1, -0.05) is 6.07 Å². The number of rotatable bonds is 3. The molecule has 1 aromatic rings. The maximum atomic E-state index is 13.3. The quantitative estimate of drug-likeness (QED) is 0.887. The van der Waals surface area contributed by atoms with E-state index in [0.717, 1.165) is 5.56 Å². The third-order valence-corrected chi connectivity index (χ3v) is 4.16. The fourth-order valence-corrected chi connectivity index (χ4v) is 2.67. The van der Waals surface area contributed by atoms with Crippen LogP contribution in [0.2, 0.25) is 0 Å². The average Bonchev–Trinajstić information content (AvgIpc) is 2.40. The van der Waals surface area contributed by atoms with Crippen molar-refractivity contribution in [3.63, 3.8) is 0 Å². The third-order valence-electron chi connectivity index (χ3n) is 4.16. The van der Waals surface area contributed by atoms with Gasteiger partial charge in [0.15, 0.2) is 0 Å². The van der Waals surface area contributed by atoms with Crippen LogP contribution in [0.5, 0.6) is 0 Å². The summed E-state index contributed by atoms with van der Waals surface area (Å²) in [6.45, 7) is 1.99. The van der Waals surface area contributed by atoms with Crippen LogP contribution in [0.1, 0.15) is 50.0 Å². The zero-order chi connectivity index (χ0) is 14.1. The molecule has 0 radical (unpaired) electrons. The van der Waals surface area contributed by atoms with E-state index < -0.39 is 17.4 Å². The monoisotopic (exact) mass is 270 g/mol. The molecule has 19 heavy (non-hydrogen) atoms. The Bertz CT molecular complexity index is 422. The molecule has 0 amide bonds. The first-order valence-electron chi connectivity index (χ1n) is 6.61. The molecular formula is C14H20F2N2O. The Hall–Kier alpha value is -1.07. The van der Waals surface area contributed by atoms with Crippen LogP contribution in [0, 0.1) is 0 Å². The summed E-state index contributed by atoms with van der Waals surface area (Å²) in [5.74, 6) is -2.56. The van der Waals surface area contributed by atoms with Gasteiger partial charge < -0.3 is 10.8 Å². The fraction of sp³-hybridized carbons (Fsp3) is 0.643. The highest BCUT2D eigenvalue weighted by Crippen LogP contribution is 2.44. The molecule has 106 valence electrons. The van der Waals surface area contributed by atoms with Gasteiger partial charge in [0.05, 0.1) is 11.8 Å². The second kappa shape index (κ2) is 5.13. The summed E-state index contributed by atoms with van der Waals surface area (Å²) in [5, 5.41) is 9.43. The Kier molecular flexibility index (Phi) is 3.87. The normalized spacial score (nSPS) is 23.0. The zero-order valence-corrected chi connectivity index (χ0v) is 11.1. The SMILES string of the molecule is C[C@@H](O)c1ccc(C2(CN)CCC(F)(F)CC2)cn1. The van der Waals surface area contributed by atoms with Crippen molar-refractivity contribution in [3.05, 3.63) is 29.6 Å². The van der Waals surface area contributed by atoms with E-state index in [0.29, 0.717) is 25.1 Å². The number of pyridine rings is 1. The van der Waals surface area contributed by atoms with Crippen LogP contribution in [0.4, 0.5) is 8.78 Å². The van der Waals surface area contributed by atoms with Crippen molar-refractivity contribution in [2.75, 3.05) is 6.54 Å². The van der Waals surface area contributed by atoms with Gasteiger partial charge in [-0.15, -0.1) is 0 Å². The summed E-state index contributed by atoms with van der Waals surface area (Å²) < 4.78 is 26.6. The molecular weight excluding hydrogens is 250 g/mol. The smallest absolute Gasteiger partial charge is 0.248 e. The highest BCUT2D eigenvalue weighted by molar-refractivity contribution is 5.26. The minimum atomic E-state index is -2.56. The predicted octanol–water partition coefficient (Wildman–Crippen LogP) is 2.54. The molecule has 1 aliphatic rings. The molecule has 0 aliphatic heterocycles. The lowest BCUT2D eigenvalue weighted by molar-refractivity contribution is -0.0509. The first-order chi connectivity index (χ1) is 8.88. The lowest BCUT2D eigenvalue weighted by atomic mass is 9.69. The van der Waals surface area contributed by atoms with Crippen LogP contribution < -0.4 is 5.73 Å². The topological polar surface area (TPSA) is 59.1 Å². The van der Waals surface area contributed by atoms with Gasteiger partial charge in [0.2, 0.25) is 5.92 Å². The average molecular weight is 270 g/mol. The van der Waals surface area contributed by atoms with Gasteiger partial charge in [0.25, 0.3) is 0 Å². The number of alkyl halides is 2. The Labute approximate surface area is 111 Å². The van der Waals surface area contributed by atoms with Crippen molar-refractivity contribution in [1.29, 1.82) is 0 Å². The van der Waals surface area contributed by atoms with E-state index in [1.165, 1.54) is 0 Å². The van der Waals surface area contributed by atoms with Gasteiger partial charge >= 0.3 is 0 Å². The molecule has 3 N–H and O–H groups in total. The lowest BCUT2D eigenvalue weighted by Crippen LogP contribution is -2.42. The van der Waals surface area contributed by atoms with E-state index in [-0.39, 0.29) is 12.8 Å². The van der Waals surface area contributed by atoms with E-state index in [4.69, 9.17) is 5.73 Å². The first-order valence-corrected chi connectivity index (χ1v) is 6.61. The molecule has 1 saturated carbocycles. The van der Waals surface area contributed by atoms with Crippen molar-refractivity contribution >= 4 is 0 Å². The standard InChI is InChI=1S/C14H20F2N2O/c1-10(19)12-3-2-11(8-18-12)13(9-17)4-6-14(15,16)7-5-13/h2-3,8,10,19H,4-7,9,17H2,1H3/t10-/m1/s1. The molecule has 0 unspecified atom stereocenters. The second-order valence-electron chi connectivity index (χ2n) is 5.49.